The predicted octanol–water partition coefficient (Wildman–Crippen LogP) is 1.57. The van der Waals surface area contributed by atoms with Crippen molar-refractivity contribution in [3.05, 3.63) is 50.0 Å². The number of H-pyrrole nitrogens is 1. The van der Waals surface area contributed by atoms with Crippen molar-refractivity contribution in [1.29, 1.82) is 0 Å². The van der Waals surface area contributed by atoms with Gasteiger partial charge in [0.25, 0.3) is 0 Å². The number of benzene rings is 1. The van der Waals surface area contributed by atoms with Crippen molar-refractivity contribution >= 4 is 46.2 Å². The first-order chi connectivity index (χ1) is 18.6. The molecular formula is C26H27FN4O7S. The number of aromatic amines is 1. The molecule has 1 aliphatic carbocycles. The summed E-state index contributed by atoms with van der Waals surface area (Å²) in [7, 11) is 0. The molecule has 4 N–H and O–H groups in total. The fourth-order valence-electron chi connectivity index (χ4n) is 5.90. The summed E-state index contributed by atoms with van der Waals surface area (Å²) < 4.78 is 15.6. The summed E-state index contributed by atoms with van der Waals surface area (Å²) in [5, 5.41) is 28.6. The first-order valence-corrected chi connectivity index (χ1v) is 13.7. The number of aromatic carboxylic acids is 1. The molecule has 2 saturated heterocycles. The molecule has 206 valence electrons. The SMILES string of the molecule is C[C@@H](O)[C@@H]1C(=O)N2C(C(=O)O)=C(CN3CCN(c4c(F)cc5c(=O)c(C(=O)O)c[nH]c5c4C4CC4)CC3)S[C@H]12. The van der Waals surface area contributed by atoms with Gasteiger partial charge in [-0.1, -0.05) is 0 Å². The Bertz CT molecular complexity index is 1510. The van der Waals surface area contributed by atoms with Gasteiger partial charge in [-0.05, 0) is 31.7 Å². The predicted molar refractivity (Wildman–Crippen MR) is 140 cm³/mol. The van der Waals surface area contributed by atoms with Crippen molar-refractivity contribution in [1.82, 2.24) is 14.8 Å². The van der Waals surface area contributed by atoms with Crippen LogP contribution in [0.4, 0.5) is 10.1 Å². The second kappa shape index (κ2) is 9.35. The summed E-state index contributed by atoms with van der Waals surface area (Å²) in [5.41, 5.74) is 0.393. The van der Waals surface area contributed by atoms with Crippen LogP contribution in [-0.4, -0.2) is 92.2 Å². The van der Waals surface area contributed by atoms with Crippen LogP contribution in [0.3, 0.4) is 0 Å². The summed E-state index contributed by atoms with van der Waals surface area (Å²) >= 11 is 1.30. The zero-order valence-electron chi connectivity index (χ0n) is 21.0. The number of carbonyl (C=O) groups excluding carboxylic acids is 1. The number of aliphatic carboxylic acids is 1. The average molecular weight is 559 g/mol. The number of anilines is 1. The van der Waals surface area contributed by atoms with E-state index < -0.39 is 46.1 Å². The minimum absolute atomic E-state index is 0.0257. The number of carbonyl (C=O) groups is 3. The Morgan fingerprint density at radius 2 is 1.85 bits per heavy atom. The highest BCUT2D eigenvalue weighted by molar-refractivity contribution is 8.04. The molecular weight excluding hydrogens is 531 g/mol. The number of carboxylic acids is 2. The summed E-state index contributed by atoms with van der Waals surface area (Å²) in [4.78, 5) is 57.4. The number of carboxylic acid groups (broad SMARTS) is 2. The number of rotatable bonds is 7. The van der Waals surface area contributed by atoms with Gasteiger partial charge in [0.15, 0.2) is 0 Å². The van der Waals surface area contributed by atoms with E-state index in [-0.39, 0.29) is 22.9 Å². The van der Waals surface area contributed by atoms with Gasteiger partial charge in [0, 0.05) is 54.8 Å². The third kappa shape index (κ3) is 4.10. The van der Waals surface area contributed by atoms with Crippen LogP contribution in [0.15, 0.2) is 27.7 Å². The van der Waals surface area contributed by atoms with Gasteiger partial charge in [-0.25, -0.2) is 14.0 Å². The molecule has 0 spiro atoms. The Hall–Kier alpha value is -3.42. The molecule has 11 nitrogen and oxygen atoms in total. The van der Waals surface area contributed by atoms with Crippen molar-refractivity contribution in [3.8, 4) is 0 Å². The van der Waals surface area contributed by atoms with Gasteiger partial charge in [0.1, 0.15) is 22.5 Å². The third-order valence-electron chi connectivity index (χ3n) is 7.99. The number of hydrogen-bond donors (Lipinski definition) is 4. The number of nitrogens with zero attached hydrogens (tertiary/aromatic N) is 3. The van der Waals surface area contributed by atoms with Gasteiger partial charge in [0.05, 0.1) is 23.2 Å². The maximum absolute atomic E-state index is 15.6. The molecule has 13 heteroatoms. The Morgan fingerprint density at radius 3 is 2.44 bits per heavy atom. The lowest BCUT2D eigenvalue weighted by Gasteiger charge is -2.43. The van der Waals surface area contributed by atoms with Gasteiger partial charge >= 0.3 is 11.9 Å². The molecule has 1 amide bonds. The van der Waals surface area contributed by atoms with Crippen molar-refractivity contribution in [2.45, 2.75) is 37.2 Å². The van der Waals surface area contributed by atoms with Crippen molar-refractivity contribution in [2.24, 2.45) is 5.92 Å². The number of aliphatic hydroxyl groups excluding tert-OH is 1. The minimum Gasteiger partial charge on any atom is -0.477 e. The molecule has 2 aromatic rings. The van der Waals surface area contributed by atoms with E-state index in [4.69, 9.17) is 0 Å². The van der Waals surface area contributed by atoms with Gasteiger partial charge in [0.2, 0.25) is 11.3 Å². The number of hydrogen-bond acceptors (Lipinski definition) is 8. The second-order valence-corrected chi connectivity index (χ2v) is 11.7. The quantitative estimate of drug-likeness (QED) is 0.368. The zero-order valence-corrected chi connectivity index (χ0v) is 21.8. The number of β-lactam (4-membered cyclic amide) rings is 1. The highest BCUT2D eigenvalue weighted by atomic mass is 32.2. The van der Waals surface area contributed by atoms with E-state index in [2.05, 4.69) is 9.88 Å². The molecule has 4 aliphatic rings. The smallest absolute Gasteiger partial charge is 0.353 e. The Labute approximate surface area is 225 Å². The van der Waals surface area contributed by atoms with Gasteiger partial charge < -0.3 is 25.2 Å². The van der Waals surface area contributed by atoms with Crippen LogP contribution in [0.1, 0.15) is 41.6 Å². The minimum atomic E-state index is -1.37. The Kier molecular flexibility index (Phi) is 6.19. The lowest BCUT2D eigenvalue weighted by Crippen LogP contribution is -2.60. The van der Waals surface area contributed by atoms with Gasteiger partial charge in [-0.15, -0.1) is 11.8 Å². The Balaban J connectivity index is 1.24. The standard InChI is InChI=1S/C26H27FN4O7S/c1-11(32)17-23(34)31-21(26(37)38)16(39-24(17)31)10-29-4-6-30(7-5-29)20-15(27)8-13-19(18(20)12-2-3-12)28-9-14(22(13)33)25(35)36/h8-9,11-12,17,24,32H,2-7,10H2,1H3,(H,28,33)(H,35,36)(H,37,38)/t11-,17-,24-/m1/s1. The van der Waals surface area contributed by atoms with E-state index in [1.807, 2.05) is 4.90 Å². The number of amides is 1. The first-order valence-electron chi connectivity index (χ1n) is 12.8. The van der Waals surface area contributed by atoms with Crippen LogP contribution in [0, 0.1) is 11.7 Å². The number of aliphatic hydroxyl groups is 1. The molecule has 1 aromatic heterocycles. The highest BCUT2D eigenvalue weighted by Crippen LogP contribution is 2.51. The monoisotopic (exact) mass is 558 g/mol. The highest BCUT2D eigenvalue weighted by Gasteiger charge is 2.57. The van der Waals surface area contributed by atoms with E-state index in [0.29, 0.717) is 54.4 Å². The first kappa shape index (κ1) is 25.8. The molecule has 1 saturated carbocycles. The number of piperazine rings is 1. The van der Waals surface area contributed by atoms with Crippen LogP contribution < -0.4 is 10.3 Å². The van der Waals surface area contributed by atoms with E-state index in [1.54, 1.807) is 0 Å². The molecule has 4 heterocycles. The zero-order chi connectivity index (χ0) is 27.7. The molecule has 39 heavy (non-hydrogen) atoms. The van der Waals surface area contributed by atoms with E-state index >= 15 is 4.39 Å². The topological polar surface area (TPSA) is 154 Å². The summed E-state index contributed by atoms with van der Waals surface area (Å²) in [6.07, 6.45) is 2.00. The molecule has 1 aromatic carbocycles. The fourth-order valence-corrected chi connectivity index (χ4v) is 7.55. The van der Waals surface area contributed by atoms with Crippen LogP contribution >= 0.6 is 11.8 Å². The van der Waals surface area contributed by atoms with E-state index in [9.17, 15) is 34.5 Å². The Morgan fingerprint density at radius 1 is 1.15 bits per heavy atom. The number of fused-ring (bicyclic) bond motifs is 2. The van der Waals surface area contributed by atoms with Gasteiger partial charge in [-0.3, -0.25) is 19.4 Å². The van der Waals surface area contributed by atoms with Crippen LogP contribution in [-0.2, 0) is 9.59 Å². The molecule has 0 unspecified atom stereocenters. The van der Waals surface area contributed by atoms with Crippen LogP contribution in [0.5, 0.6) is 0 Å². The molecule has 0 radical (unpaired) electrons. The molecule has 6 rings (SSSR count). The summed E-state index contributed by atoms with van der Waals surface area (Å²) in [5.74, 6) is -4.06. The van der Waals surface area contributed by atoms with E-state index in [0.717, 1.165) is 18.9 Å². The molecule has 3 aliphatic heterocycles. The largest absolute Gasteiger partial charge is 0.477 e. The second-order valence-electron chi connectivity index (χ2n) is 10.5. The maximum Gasteiger partial charge on any atom is 0.353 e. The lowest BCUT2D eigenvalue weighted by atomic mass is 9.92. The average Bonchev–Trinajstić information content (AvgIpc) is 3.66. The number of thioether (sulfide) groups is 1. The fraction of sp³-hybridized carbons (Fsp3) is 0.462. The summed E-state index contributed by atoms with van der Waals surface area (Å²) in [6, 6.07) is 1.12. The molecule has 0 bridgehead atoms. The number of nitrogens with one attached hydrogen (secondary N) is 1. The number of aromatic nitrogens is 1. The van der Waals surface area contributed by atoms with Crippen LogP contribution in [0.2, 0.25) is 0 Å². The normalized spacial score (nSPS) is 24.2. The van der Waals surface area contributed by atoms with Crippen LogP contribution in [0.25, 0.3) is 10.9 Å². The third-order valence-corrected chi connectivity index (χ3v) is 9.34. The van der Waals surface area contributed by atoms with Gasteiger partial charge in [-0.2, -0.15) is 0 Å². The number of pyridine rings is 1. The maximum atomic E-state index is 15.6. The summed E-state index contributed by atoms with van der Waals surface area (Å²) in [6.45, 7) is 3.82. The molecule has 3 fully saturated rings. The number of halogens is 1. The van der Waals surface area contributed by atoms with Crippen molar-refractivity contribution in [3.63, 3.8) is 0 Å². The lowest BCUT2D eigenvalue weighted by molar-refractivity contribution is -0.156. The van der Waals surface area contributed by atoms with E-state index in [1.165, 1.54) is 29.8 Å². The van der Waals surface area contributed by atoms with Crippen molar-refractivity contribution in [2.75, 3.05) is 37.6 Å². The van der Waals surface area contributed by atoms with Crippen molar-refractivity contribution < 1.29 is 34.1 Å². The molecule has 3 atom stereocenters.